The zero-order chi connectivity index (χ0) is 20.2. The molecule has 0 bridgehead atoms. The molecule has 1 N–H and O–H groups in total. The minimum atomic E-state index is -0.130. The molecular weight excluding hydrogens is 368 g/mol. The molecule has 2 aromatic heterocycles. The molecule has 1 atom stereocenters. The number of nitrogens with one attached hydrogen (secondary N) is 1. The van der Waals surface area contributed by atoms with Gasteiger partial charge >= 0.3 is 0 Å². The number of aromatic amines is 1. The molecular formula is C22H24N4O3. The van der Waals surface area contributed by atoms with Crippen LogP contribution in [0.3, 0.4) is 0 Å². The first-order chi connectivity index (χ1) is 14.2. The van der Waals surface area contributed by atoms with E-state index in [-0.39, 0.29) is 11.5 Å². The van der Waals surface area contributed by atoms with Crippen LogP contribution in [0.5, 0.6) is 11.5 Å². The highest BCUT2D eigenvalue weighted by Crippen LogP contribution is 2.30. The van der Waals surface area contributed by atoms with Gasteiger partial charge in [-0.1, -0.05) is 0 Å². The predicted octanol–water partition coefficient (Wildman–Crippen LogP) is 2.84. The maximum atomic E-state index is 12.2. The van der Waals surface area contributed by atoms with Crippen molar-refractivity contribution in [2.45, 2.75) is 18.9 Å². The molecule has 3 aromatic rings. The minimum absolute atomic E-state index is 0.130. The highest BCUT2D eigenvalue weighted by Gasteiger charge is 2.27. The van der Waals surface area contributed by atoms with Crippen LogP contribution in [0.2, 0.25) is 0 Å². The Morgan fingerprint density at radius 1 is 1.14 bits per heavy atom. The lowest BCUT2D eigenvalue weighted by Crippen LogP contribution is -2.21. The number of nitrogens with zero attached hydrogens (tertiary/aromatic N) is 3. The van der Waals surface area contributed by atoms with Crippen LogP contribution in [0.4, 0.5) is 0 Å². The zero-order valence-electron chi connectivity index (χ0n) is 16.6. The molecule has 0 unspecified atom stereocenters. The summed E-state index contributed by atoms with van der Waals surface area (Å²) in [5, 5.41) is 0. The second-order valence-corrected chi connectivity index (χ2v) is 7.15. The quantitative estimate of drug-likeness (QED) is 0.695. The molecule has 0 amide bonds. The molecule has 29 heavy (non-hydrogen) atoms. The van der Waals surface area contributed by atoms with E-state index in [4.69, 9.17) is 14.5 Å². The van der Waals surface area contributed by atoms with Crippen molar-refractivity contribution >= 4 is 0 Å². The van der Waals surface area contributed by atoms with Crippen molar-refractivity contribution < 1.29 is 9.47 Å². The van der Waals surface area contributed by atoms with Crippen LogP contribution < -0.4 is 15.0 Å². The Bertz CT molecular complexity index is 1040. The van der Waals surface area contributed by atoms with Gasteiger partial charge in [0.25, 0.3) is 5.56 Å². The lowest BCUT2D eigenvalue weighted by Gasteiger charge is -2.18. The van der Waals surface area contributed by atoms with Gasteiger partial charge in [-0.2, -0.15) is 0 Å². The smallest absolute Gasteiger partial charge is 0.251 e. The molecule has 0 aliphatic carbocycles. The average molecular weight is 392 g/mol. The first-order valence-electron chi connectivity index (χ1n) is 9.61. The summed E-state index contributed by atoms with van der Waals surface area (Å²) in [6, 6.07) is 11.1. The number of methoxy groups -OCH3 is 2. The fraction of sp³-hybridized carbons (Fsp3) is 0.318. The van der Waals surface area contributed by atoms with Crippen LogP contribution in [-0.2, 0) is 6.54 Å². The maximum absolute atomic E-state index is 12.2. The first-order valence-corrected chi connectivity index (χ1v) is 9.61. The molecule has 0 radical (unpaired) electrons. The molecule has 1 saturated heterocycles. The van der Waals surface area contributed by atoms with Crippen molar-refractivity contribution in [3.8, 4) is 22.8 Å². The van der Waals surface area contributed by atoms with Gasteiger partial charge in [0, 0.05) is 48.6 Å². The monoisotopic (exact) mass is 392 g/mol. The van der Waals surface area contributed by atoms with Crippen molar-refractivity contribution in [2.24, 2.45) is 0 Å². The predicted molar refractivity (Wildman–Crippen MR) is 110 cm³/mol. The van der Waals surface area contributed by atoms with Crippen molar-refractivity contribution in [1.82, 2.24) is 19.9 Å². The number of hydrogen-bond donors (Lipinski definition) is 1. The number of likely N-dealkylation sites (tertiary alicyclic amines) is 1. The molecule has 1 aromatic carbocycles. The molecule has 1 fully saturated rings. The minimum Gasteiger partial charge on any atom is -0.497 e. The lowest BCUT2D eigenvalue weighted by atomic mass is 10.1. The number of pyridine rings is 1. The zero-order valence-corrected chi connectivity index (χ0v) is 16.6. The second kappa shape index (κ2) is 8.45. The molecule has 4 rings (SSSR count). The standard InChI is InChI=1S/C22H24N4O3/c1-28-18-3-4-20(29-2)17(11-18)14-26-10-7-16(13-26)22-24-19(12-21(27)25-22)15-5-8-23-9-6-15/h3-6,8-9,11-12,16H,7,10,13-14H2,1-2H3,(H,24,25,27)/t16-/m0/s1. The first kappa shape index (κ1) is 19.1. The van der Waals surface area contributed by atoms with Crippen LogP contribution in [-0.4, -0.2) is 47.2 Å². The molecule has 0 spiro atoms. The van der Waals surface area contributed by atoms with Crippen molar-refractivity contribution in [1.29, 1.82) is 0 Å². The summed E-state index contributed by atoms with van der Waals surface area (Å²) in [5.41, 5.74) is 2.52. The molecule has 1 aliphatic rings. The molecule has 0 saturated carbocycles. The lowest BCUT2D eigenvalue weighted by molar-refractivity contribution is 0.314. The normalized spacial score (nSPS) is 16.7. The van der Waals surface area contributed by atoms with Crippen LogP contribution >= 0.6 is 0 Å². The largest absolute Gasteiger partial charge is 0.497 e. The number of benzene rings is 1. The van der Waals surface area contributed by atoms with Crippen molar-refractivity contribution in [2.75, 3.05) is 27.3 Å². The summed E-state index contributed by atoms with van der Waals surface area (Å²) >= 11 is 0. The highest BCUT2D eigenvalue weighted by atomic mass is 16.5. The van der Waals surface area contributed by atoms with Crippen LogP contribution in [0.25, 0.3) is 11.3 Å². The van der Waals surface area contributed by atoms with E-state index in [0.29, 0.717) is 5.69 Å². The third-order valence-corrected chi connectivity index (χ3v) is 5.28. The molecule has 3 heterocycles. The number of H-pyrrole nitrogens is 1. The maximum Gasteiger partial charge on any atom is 0.251 e. The van der Waals surface area contributed by atoms with Gasteiger partial charge in [0.2, 0.25) is 0 Å². The van der Waals surface area contributed by atoms with Crippen LogP contribution in [0.15, 0.2) is 53.6 Å². The van der Waals surface area contributed by atoms with Gasteiger partial charge in [0.1, 0.15) is 17.3 Å². The Balaban J connectivity index is 1.52. The number of aromatic nitrogens is 3. The van der Waals surface area contributed by atoms with E-state index >= 15 is 0 Å². The van der Waals surface area contributed by atoms with Crippen LogP contribution in [0.1, 0.15) is 23.7 Å². The van der Waals surface area contributed by atoms with Crippen LogP contribution in [0, 0.1) is 0 Å². The van der Waals surface area contributed by atoms with E-state index in [0.717, 1.165) is 54.5 Å². The number of hydrogen-bond acceptors (Lipinski definition) is 6. The third kappa shape index (κ3) is 4.30. The van der Waals surface area contributed by atoms with Gasteiger partial charge in [-0.15, -0.1) is 0 Å². The van der Waals surface area contributed by atoms with Gasteiger partial charge in [-0.25, -0.2) is 4.98 Å². The summed E-state index contributed by atoms with van der Waals surface area (Å²) < 4.78 is 10.8. The molecule has 150 valence electrons. The Kier molecular flexibility index (Phi) is 5.57. The molecule has 1 aliphatic heterocycles. The van der Waals surface area contributed by atoms with Gasteiger partial charge in [0.15, 0.2) is 0 Å². The fourth-order valence-corrected chi connectivity index (χ4v) is 3.79. The fourth-order valence-electron chi connectivity index (χ4n) is 3.79. The van der Waals surface area contributed by atoms with E-state index in [9.17, 15) is 4.79 Å². The Morgan fingerprint density at radius 3 is 2.72 bits per heavy atom. The summed E-state index contributed by atoms with van der Waals surface area (Å²) in [5.74, 6) is 2.58. The van der Waals surface area contributed by atoms with E-state index in [1.54, 1.807) is 26.6 Å². The highest BCUT2D eigenvalue weighted by molar-refractivity contribution is 5.57. The number of rotatable bonds is 6. The van der Waals surface area contributed by atoms with E-state index in [1.807, 2.05) is 30.3 Å². The molecule has 7 nitrogen and oxygen atoms in total. The van der Waals surface area contributed by atoms with Crippen molar-refractivity contribution in [3.05, 3.63) is 70.5 Å². The second-order valence-electron chi connectivity index (χ2n) is 7.15. The Labute approximate surface area is 169 Å². The summed E-state index contributed by atoms with van der Waals surface area (Å²) in [7, 11) is 3.34. The van der Waals surface area contributed by atoms with E-state index < -0.39 is 0 Å². The van der Waals surface area contributed by atoms with Gasteiger partial charge in [0.05, 0.1) is 19.9 Å². The SMILES string of the molecule is COc1ccc(OC)c(CN2CC[C@H](c3nc(-c4ccncc4)cc(=O)[nH]3)C2)c1. The number of ether oxygens (including phenoxy) is 2. The Hall–Kier alpha value is -3.19. The van der Waals surface area contributed by atoms with E-state index in [1.165, 1.54) is 6.07 Å². The Morgan fingerprint density at radius 2 is 1.97 bits per heavy atom. The van der Waals surface area contributed by atoms with Crippen molar-refractivity contribution in [3.63, 3.8) is 0 Å². The van der Waals surface area contributed by atoms with E-state index in [2.05, 4.69) is 14.9 Å². The third-order valence-electron chi connectivity index (χ3n) is 5.28. The summed E-state index contributed by atoms with van der Waals surface area (Å²) in [4.78, 5) is 26.3. The average Bonchev–Trinajstić information content (AvgIpc) is 3.22. The summed E-state index contributed by atoms with van der Waals surface area (Å²) in [6.45, 7) is 2.50. The molecule has 7 heteroatoms. The van der Waals surface area contributed by atoms with Gasteiger partial charge < -0.3 is 14.5 Å². The van der Waals surface area contributed by atoms with Gasteiger partial charge in [-0.3, -0.25) is 14.7 Å². The van der Waals surface area contributed by atoms with Gasteiger partial charge in [-0.05, 0) is 43.3 Å². The topological polar surface area (TPSA) is 80.3 Å². The summed E-state index contributed by atoms with van der Waals surface area (Å²) in [6.07, 6.45) is 4.35.